The molecular weight excluding hydrogens is 1660 g/mol. The number of aromatic nitrogens is 2. The van der Waals surface area contributed by atoms with E-state index in [4.69, 9.17) is 62.7 Å². The van der Waals surface area contributed by atoms with Crippen LogP contribution in [-0.4, -0.2) is 207 Å². The number of carbonyl (C=O) groups excluding carboxylic acids is 4. The minimum absolute atomic E-state index is 0. The number of hydrogen-bond acceptors (Lipinski definition) is 28. The summed E-state index contributed by atoms with van der Waals surface area (Å²) in [5.41, 5.74) is 15.7. The van der Waals surface area contributed by atoms with Crippen LogP contribution in [0.1, 0.15) is 156 Å². The minimum atomic E-state index is -1.50. The van der Waals surface area contributed by atoms with Crippen molar-refractivity contribution >= 4 is 69.2 Å². The number of phenols is 2. The van der Waals surface area contributed by atoms with Crippen molar-refractivity contribution in [1.29, 1.82) is 5.26 Å². The van der Waals surface area contributed by atoms with Gasteiger partial charge in [0, 0.05) is 133 Å². The van der Waals surface area contributed by atoms with Crippen LogP contribution in [-0.2, 0) is 97.3 Å². The third-order valence-corrected chi connectivity index (χ3v) is 29.8. The number of rotatable bonds is 6. The standard InChI is InChI=1S/C43H45N5O8S.C42H46N4O9S.CH4.Ag.HNO3/c1-19-11-23-12-28-29(14-44)48-30-16-54-42(51)43(41-26(13-24(46-43)15-53-22(4)49)25-9-7-8-10-27(25)45-41)17-57-40(31-20(2)21(3)38-39(33(30)31)56-18-55-38)35(48)34(47(28)5)32(23)36(50)37(19)52-6;1-18-11-22-12-27-40(49)46-28-15-53-41(50)42(39-25(13-23(44-42)14-52-21(4)47)24-9-7-8-10-26(24)43-39)16-56-38(29-19(2)20(3)36-37(31(28)29)55-17-54-36)33(46)32(45(27)5)30(22)34(48)35(18)51-6;;;2-1(3)4/h7-11,24,28-30,34-35,40,45-46,50H,12-13,15-18H2,1-6H3;7-11,23,27-28,32-33,38,40,43-44,48-49H,12-17H2,1-6H3;1H4;;(H,2,3,4)/t24-,28-,29-,30-,34+,35+,40+,43+;23-,27-,28-,32+,33+,38+,40-,42+;;;/m00.../s1. The number of hydrogen-bond donors (Lipinski definition) is 8. The van der Waals surface area contributed by atoms with Crippen molar-refractivity contribution < 1.29 is 115 Å². The van der Waals surface area contributed by atoms with Crippen LogP contribution in [0.4, 0.5) is 0 Å². The molecular formula is C86H96AgN10O20S2. The maximum absolute atomic E-state index is 15.1. The van der Waals surface area contributed by atoms with E-state index in [2.05, 4.69) is 98.4 Å². The summed E-state index contributed by atoms with van der Waals surface area (Å²) in [6.07, 6.45) is 1.18. The van der Waals surface area contributed by atoms with Gasteiger partial charge in [-0.25, -0.2) is 9.59 Å². The molecule has 4 saturated heterocycles. The fraction of sp³-hybridized carbons (Fsp3) is 0.477. The zero-order valence-corrected chi connectivity index (χ0v) is 70.1. The topological polar surface area (TPSA) is 377 Å². The number of aromatic hydroxyl groups is 2. The Bertz CT molecular complexity index is 5580. The smallest absolute Gasteiger partial charge is 0.333 e. The van der Waals surface area contributed by atoms with Gasteiger partial charge in [0.1, 0.15) is 38.7 Å². The van der Waals surface area contributed by atoms with Gasteiger partial charge < -0.3 is 77.9 Å². The van der Waals surface area contributed by atoms with E-state index in [1.807, 2.05) is 64.2 Å². The monoisotopic (exact) mass is 1760 g/mol. The molecule has 22 rings (SSSR count). The molecule has 1 radical (unpaired) electrons. The summed E-state index contributed by atoms with van der Waals surface area (Å²) in [6, 6.07) is 18.3. The first-order valence-electron chi connectivity index (χ1n) is 39.3. The van der Waals surface area contributed by atoms with Crippen molar-refractivity contribution in [2.75, 3.05) is 79.8 Å². The number of methoxy groups -OCH3 is 2. The number of piperazine rings is 2. The summed E-state index contributed by atoms with van der Waals surface area (Å²) in [6.45, 7) is 15.1. The van der Waals surface area contributed by atoms with Crippen molar-refractivity contribution in [3.63, 3.8) is 0 Å². The number of nitrogens with zero attached hydrogens (tertiary/aromatic N) is 6. The molecule has 0 saturated carbocycles. The van der Waals surface area contributed by atoms with E-state index in [0.717, 1.165) is 122 Å². The number of aliphatic hydroxyl groups is 1. The number of aryl methyl sites for hydroxylation is 2. The first-order chi connectivity index (χ1) is 56.2. The van der Waals surface area contributed by atoms with Crippen LogP contribution in [0, 0.1) is 63.0 Å². The van der Waals surface area contributed by atoms with Gasteiger partial charge in [-0.15, -0.1) is 33.6 Å². The first-order valence-corrected chi connectivity index (χ1v) is 41.4. The molecule has 30 nitrogen and oxygen atoms in total. The van der Waals surface area contributed by atoms with Crippen LogP contribution in [0.5, 0.6) is 46.0 Å². The molecule has 2 spiro atoms. The Hall–Kier alpha value is -9.47. The number of nitriles is 1. The van der Waals surface area contributed by atoms with Crippen molar-refractivity contribution in [2.24, 2.45) is 0 Å². The molecule has 6 aromatic carbocycles. The number of fused-ring (bicyclic) bond motifs is 22. The molecule has 8 aromatic rings. The number of esters is 4. The average molecular weight is 1760 g/mol. The Labute approximate surface area is 710 Å². The molecule has 14 aliphatic heterocycles. The maximum atomic E-state index is 15.1. The zero-order valence-electron chi connectivity index (χ0n) is 67.0. The van der Waals surface area contributed by atoms with E-state index < -0.39 is 70.4 Å². The summed E-state index contributed by atoms with van der Waals surface area (Å²) in [4.78, 5) is 78.8. The largest absolute Gasteiger partial charge is 0.504 e. The first kappa shape index (κ1) is 83.2. The average Bonchev–Trinajstić information content (AvgIpc) is 1.43. The van der Waals surface area contributed by atoms with Crippen LogP contribution in [0.2, 0.25) is 0 Å². The number of H-pyrrole nitrogens is 2. The van der Waals surface area contributed by atoms with Crippen LogP contribution in [0.25, 0.3) is 21.8 Å². The number of benzene rings is 6. The molecule has 16 atom stereocenters. The maximum Gasteiger partial charge on any atom is 0.333 e. The third kappa shape index (κ3) is 12.6. The molecule has 14 aliphatic rings. The Morgan fingerprint density at radius 1 is 0.613 bits per heavy atom. The molecule has 0 unspecified atom stereocenters. The SMILES string of the molecule is C.COc1c(C)cc2c(c1O)[C@@H]1[C@@H]3[C@@H]4SC[C@]5(N[C@H](COC(C)=O)Cc6c5[nH]c5ccccc65)C(=O)OC[C@@H](c5c6c(c(C)c(C)c54)OCO6)N3[C@@H](C#N)[C@H](C2)N1C.COc1c(C)cc2c(c1O)[C@@H]1[C@@H]3[C@@H]4SC[C@]5(N[C@H](COC(C)=O)Cc6c5[nH]c5ccccc65)C(=O)OC[C@@H](c5c6c(c(C)c(C)c54)OCO6)N3[C@@H](O)[C@H](C2)N1C.O=[N+]([O-])O.[Ag]. The molecule has 0 aliphatic carbocycles. The van der Waals surface area contributed by atoms with Gasteiger partial charge in [0.05, 0.1) is 61.9 Å². The van der Waals surface area contributed by atoms with Gasteiger partial charge in [0.15, 0.2) is 57.1 Å². The summed E-state index contributed by atoms with van der Waals surface area (Å²) in [5, 5.41) is 70.3. The molecule has 4 fully saturated rings. The van der Waals surface area contributed by atoms with E-state index >= 15 is 9.59 Å². The number of ether oxygens (including phenoxy) is 10. The fourth-order valence-corrected chi connectivity index (χ4v) is 25.3. The minimum Gasteiger partial charge on any atom is -0.504 e. The Balaban J connectivity index is 0.000000167. The second kappa shape index (κ2) is 31.2. The number of likely N-dealkylation sites (N-methyl/N-ethyl adjacent to an activating group) is 2. The van der Waals surface area contributed by atoms with Crippen LogP contribution >= 0.6 is 23.5 Å². The number of carbonyl (C=O) groups is 4. The van der Waals surface area contributed by atoms with Gasteiger partial charge in [0.25, 0.3) is 5.09 Å². The van der Waals surface area contributed by atoms with Gasteiger partial charge in [-0.05, 0) is 160 Å². The molecule has 119 heavy (non-hydrogen) atoms. The summed E-state index contributed by atoms with van der Waals surface area (Å²) < 4.78 is 60.6. The van der Waals surface area contributed by atoms with Crippen LogP contribution < -0.4 is 39.1 Å². The van der Waals surface area contributed by atoms with E-state index in [-0.39, 0.29) is 146 Å². The number of aliphatic hydroxyl groups excluding tert-OH is 1. The third-order valence-electron chi connectivity index (χ3n) is 26.9. The molecule has 2 aromatic heterocycles. The van der Waals surface area contributed by atoms with Crippen molar-refractivity contribution in [2.45, 2.75) is 183 Å². The van der Waals surface area contributed by atoms with Crippen molar-refractivity contribution in [3.05, 3.63) is 171 Å². The van der Waals surface area contributed by atoms with Gasteiger partial charge in [0.2, 0.25) is 13.6 Å². The molecule has 0 amide bonds. The normalized spacial score (nSPS) is 28.8. The number of aromatic amines is 2. The molecule has 633 valence electrons. The molecule has 8 N–H and O–H groups in total. The van der Waals surface area contributed by atoms with E-state index in [9.17, 15) is 30.2 Å². The predicted octanol–water partition coefficient (Wildman–Crippen LogP) is 9.85. The van der Waals surface area contributed by atoms with E-state index in [1.165, 1.54) is 13.8 Å². The van der Waals surface area contributed by atoms with Crippen molar-refractivity contribution in [3.8, 4) is 52.1 Å². The number of thioether (sulfide) groups is 2. The van der Waals surface area contributed by atoms with Gasteiger partial charge in [-0.2, -0.15) is 5.26 Å². The number of para-hydroxylation sites is 2. The molecule has 16 heterocycles. The van der Waals surface area contributed by atoms with Crippen molar-refractivity contribution in [1.82, 2.24) is 40.2 Å². The number of phenolic OH excluding ortho intramolecular Hbond substituents is 2. The Morgan fingerprint density at radius 3 is 1.45 bits per heavy atom. The predicted molar refractivity (Wildman–Crippen MR) is 433 cm³/mol. The quantitative estimate of drug-likeness (QED) is 0.0252. The Morgan fingerprint density at radius 2 is 1.02 bits per heavy atom. The van der Waals surface area contributed by atoms with Crippen LogP contribution in [0.15, 0.2) is 60.7 Å². The second-order valence-corrected chi connectivity index (χ2v) is 35.0. The summed E-state index contributed by atoms with van der Waals surface area (Å²) in [5.74, 6) is 2.47. The van der Waals surface area contributed by atoms with Gasteiger partial charge in [-0.1, -0.05) is 56.0 Å². The zero-order chi connectivity index (χ0) is 82.2. The Kier molecular flexibility index (Phi) is 21.8. The summed E-state index contributed by atoms with van der Waals surface area (Å²) >= 11 is 3.26. The second-order valence-electron chi connectivity index (χ2n) is 32.7. The molecule has 8 bridgehead atoms. The molecule has 33 heteroatoms. The summed E-state index contributed by atoms with van der Waals surface area (Å²) in [7, 11) is 7.24. The van der Waals surface area contributed by atoms with E-state index in [0.29, 0.717) is 60.2 Å². The van der Waals surface area contributed by atoms with Gasteiger partial charge >= 0.3 is 23.9 Å². The fourth-order valence-electron chi connectivity index (χ4n) is 21.9. The van der Waals surface area contributed by atoms with Gasteiger partial charge in [-0.3, -0.25) is 39.8 Å². The van der Waals surface area contributed by atoms with E-state index in [1.54, 1.807) is 37.7 Å². The van der Waals surface area contributed by atoms with Crippen LogP contribution in [0.3, 0.4) is 0 Å². The number of nitrogens with one attached hydrogen (secondary N) is 4.